The maximum Gasteiger partial charge on any atom is 0.320 e. The van der Waals surface area contributed by atoms with Gasteiger partial charge in [0.1, 0.15) is 6.04 Å². The smallest absolute Gasteiger partial charge is 0.320 e. The number of benzene rings is 2. The molecule has 0 saturated carbocycles. The van der Waals surface area contributed by atoms with Gasteiger partial charge in [0.25, 0.3) is 0 Å². The second-order valence-corrected chi connectivity index (χ2v) is 6.53. The fraction of sp³-hybridized carbons (Fsp3) is 0.167. The van der Waals surface area contributed by atoms with Crippen molar-refractivity contribution in [3.8, 4) is 11.4 Å². The minimum absolute atomic E-state index is 0.312. The van der Waals surface area contributed by atoms with Gasteiger partial charge in [0.05, 0.1) is 0 Å². The lowest BCUT2D eigenvalue weighted by Crippen LogP contribution is -2.32. The van der Waals surface area contributed by atoms with E-state index in [9.17, 15) is 4.79 Å². The van der Waals surface area contributed by atoms with Gasteiger partial charge in [-0.05, 0) is 17.5 Å². The SMILES string of the molecule is NC(Cc1cccc(CSc2n[nH]c(-c3ccccc3)n2)c1)C(=O)O. The molecule has 1 aromatic heterocycles. The van der Waals surface area contributed by atoms with E-state index in [1.165, 1.54) is 11.8 Å². The third kappa shape index (κ3) is 4.68. The molecule has 3 rings (SSSR count). The number of aromatic nitrogens is 3. The molecule has 0 amide bonds. The molecule has 7 heteroatoms. The van der Waals surface area contributed by atoms with Gasteiger partial charge in [-0.15, -0.1) is 5.10 Å². The average molecular weight is 354 g/mol. The van der Waals surface area contributed by atoms with Crippen molar-refractivity contribution >= 4 is 17.7 Å². The average Bonchev–Trinajstić information content (AvgIpc) is 3.10. The Balaban J connectivity index is 1.62. The highest BCUT2D eigenvalue weighted by Gasteiger charge is 2.12. The van der Waals surface area contributed by atoms with E-state index >= 15 is 0 Å². The van der Waals surface area contributed by atoms with E-state index in [1.54, 1.807) is 0 Å². The van der Waals surface area contributed by atoms with Crippen LogP contribution in [0.2, 0.25) is 0 Å². The highest BCUT2D eigenvalue weighted by Crippen LogP contribution is 2.22. The second-order valence-electron chi connectivity index (χ2n) is 5.59. The predicted molar refractivity (Wildman–Crippen MR) is 97.1 cm³/mol. The molecule has 6 nitrogen and oxygen atoms in total. The highest BCUT2D eigenvalue weighted by atomic mass is 32.2. The quantitative estimate of drug-likeness (QED) is 0.564. The Labute approximate surface area is 149 Å². The van der Waals surface area contributed by atoms with Crippen LogP contribution in [0.5, 0.6) is 0 Å². The number of thioether (sulfide) groups is 1. The van der Waals surface area contributed by atoms with Crippen LogP contribution < -0.4 is 5.73 Å². The Morgan fingerprint density at radius 2 is 1.92 bits per heavy atom. The molecular weight excluding hydrogens is 336 g/mol. The zero-order chi connectivity index (χ0) is 17.6. The first-order chi connectivity index (χ1) is 12.1. The Kier molecular flexibility index (Phi) is 5.47. The van der Waals surface area contributed by atoms with Crippen molar-refractivity contribution in [1.82, 2.24) is 15.2 Å². The largest absolute Gasteiger partial charge is 0.480 e. The summed E-state index contributed by atoms with van der Waals surface area (Å²) in [6.45, 7) is 0. The van der Waals surface area contributed by atoms with Crippen molar-refractivity contribution in [1.29, 1.82) is 0 Å². The van der Waals surface area contributed by atoms with Crippen molar-refractivity contribution in [2.75, 3.05) is 0 Å². The number of hydrogen-bond acceptors (Lipinski definition) is 5. The third-order valence-electron chi connectivity index (χ3n) is 3.64. The molecular formula is C18H18N4O2S. The molecule has 0 bridgehead atoms. The summed E-state index contributed by atoms with van der Waals surface area (Å²) in [5, 5.41) is 16.8. The topological polar surface area (TPSA) is 105 Å². The minimum atomic E-state index is -0.992. The van der Waals surface area contributed by atoms with Gasteiger partial charge in [-0.1, -0.05) is 66.4 Å². The summed E-state index contributed by atoms with van der Waals surface area (Å²) in [5.74, 6) is 0.445. The van der Waals surface area contributed by atoms with Crippen LogP contribution in [0.1, 0.15) is 11.1 Å². The fourth-order valence-electron chi connectivity index (χ4n) is 2.37. The van der Waals surface area contributed by atoms with E-state index in [2.05, 4.69) is 15.2 Å². The summed E-state index contributed by atoms with van der Waals surface area (Å²) in [4.78, 5) is 15.4. The molecule has 128 valence electrons. The maximum absolute atomic E-state index is 10.9. The summed E-state index contributed by atoms with van der Waals surface area (Å²) in [6.07, 6.45) is 0.312. The zero-order valence-electron chi connectivity index (χ0n) is 13.4. The zero-order valence-corrected chi connectivity index (χ0v) is 14.2. The number of nitrogens with two attached hydrogens (primary N) is 1. The van der Waals surface area contributed by atoms with Crippen molar-refractivity contribution in [3.63, 3.8) is 0 Å². The number of H-pyrrole nitrogens is 1. The molecule has 0 aliphatic heterocycles. The number of nitrogens with one attached hydrogen (secondary N) is 1. The molecule has 0 spiro atoms. The van der Waals surface area contributed by atoms with Gasteiger partial charge in [-0.3, -0.25) is 9.89 Å². The molecule has 1 unspecified atom stereocenters. The van der Waals surface area contributed by atoms with Gasteiger partial charge >= 0.3 is 5.97 Å². The highest BCUT2D eigenvalue weighted by molar-refractivity contribution is 7.98. The van der Waals surface area contributed by atoms with Crippen molar-refractivity contribution in [3.05, 3.63) is 65.7 Å². The Bertz CT molecular complexity index is 851. The van der Waals surface area contributed by atoms with Crippen LogP contribution in [0.15, 0.2) is 59.8 Å². The first-order valence-electron chi connectivity index (χ1n) is 7.78. The van der Waals surface area contributed by atoms with Crippen molar-refractivity contribution in [2.24, 2.45) is 5.73 Å². The van der Waals surface area contributed by atoms with Crippen LogP contribution in [0.4, 0.5) is 0 Å². The lowest BCUT2D eigenvalue weighted by atomic mass is 10.0. The Morgan fingerprint density at radius 3 is 2.68 bits per heavy atom. The van der Waals surface area contributed by atoms with E-state index < -0.39 is 12.0 Å². The molecule has 1 heterocycles. The first kappa shape index (κ1) is 17.2. The number of carboxylic acids is 1. The number of carbonyl (C=O) groups is 1. The summed E-state index contributed by atoms with van der Waals surface area (Å²) in [5.41, 5.74) is 8.57. The van der Waals surface area contributed by atoms with E-state index in [4.69, 9.17) is 10.8 Å². The van der Waals surface area contributed by atoms with Gasteiger partial charge < -0.3 is 10.8 Å². The molecule has 3 aromatic rings. The molecule has 0 saturated heterocycles. The summed E-state index contributed by atoms with van der Waals surface area (Å²) in [6, 6.07) is 16.7. The molecule has 0 aliphatic carbocycles. The van der Waals surface area contributed by atoms with Crippen LogP contribution in [0, 0.1) is 0 Å². The molecule has 25 heavy (non-hydrogen) atoms. The Morgan fingerprint density at radius 1 is 1.16 bits per heavy atom. The normalized spacial score (nSPS) is 12.0. The number of aliphatic carboxylic acids is 1. The lowest BCUT2D eigenvalue weighted by Gasteiger charge is -2.07. The second kappa shape index (κ2) is 7.96. The lowest BCUT2D eigenvalue weighted by molar-refractivity contribution is -0.138. The third-order valence-corrected chi connectivity index (χ3v) is 4.56. The fourth-order valence-corrected chi connectivity index (χ4v) is 3.11. The van der Waals surface area contributed by atoms with E-state index in [1.807, 2.05) is 54.6 Å². The van der Waals surface area contributed by atoms with Crippen LogP contribution >= 0.6 is 11.8 Å². The monoisotopic (exact) mass is 354 g/mol. The van der Waals surface area contributed by atoms with Gasteiger partial charge in [-0.25, -0.2) is 4.98 Å². The van der Waals surface area contributed by atoms with E-state index in [-0.39, 0.29) is 0 Å². The number of aromatic amines is 1. The van der Waals surface area contributed by atoms with Crippen LogP contribution in [0.3, 0.4) is 0 Å². The summed E-state index contributed by atoms with van der Waals surface area (Å²) < 4.78 is 0. The molecule has 0 radical (unpaired) electrons. The van der Waals surface area contributed by atoms with Crippen molar-refractivity contribution < 1.29 is 9.90 Å². The molecule has 4 N–H and O–H groups in total. The number of carboxylic acid groups (broad SMARTS) is 1. The first-order valence-corrected chi connectivity index (χ1v) is 8.77. The van der Waals surface area contributed by atoms with E-state index in [0.29, 0.717) is 17.3 Å². The Hall–Kier alpha value is -2.64. The van der Waals surface area contributed by atoms with E-state index in [0.717, 1.165) is 22.5 Å². The molecule has 2 aromatic carbocycles. The molecule has 0 aliphatic rings. The molecule has 1 atom stereocenters. The summed E-state index contributed by atoms with van der Waals surface area (Å²) >= 11 is 1.52. The van der Waals surface area contributed by atoms with Gasteiger partial charge in [0, 0.05) is 11.3 Å². The molecule has 0 fully saturated rings. The maximum atomic E-state index is 10.9. The standard InChI is InChI=1S/C18H18N4O2S/c19-15(17(23)24)10-12-5-4-6-13(9-12)11-25-18-20-16(21-22-18)14-7-2-1-3-8-14/h1-9,15H,10-11,19H2,(H,23,24)(H,20,21,22). The van der Waals surface area contributed by atoms with Crippen LogP contribution in [-0.4, -0.2) is 32.3 Å². The number of rotatable bonds is 7. The van der Waals surface area contributed by atoms with Crippen LogP contribution in [0.25, 0.3) is 11.4 Å². The summed E-state index contributed by atoms with van der Waals surface area (Å²) in [7, 11) is 0. The minimum Gasteiger partial charge on any atom is -0.480 e. The van der Waals surface area contributed by atoms with Crippen LogP contribution in [-0.2, 0) is 17.0 Å². The number of nitrogens with zero attached hydrogens (tertiary/aromatic N) is 2. The van der Waals surface area contributed by atoms with Gasteiger partial charge in [0.2, 0.25) is 5.16 Å². The van der Waals surface area contributed by atoms with Crippen molar-refractivity contribution in [2.45, 2.75) is 23.4 Å². The van der Waals surface area contributed by atoms with Gasteiger partial charge in [-0.2, -0.15) is 0 Å². The predicted octanol–water partition coefficient (Wildman–Crippen LogP) is 2.72. The number of hydrogen-bond donors (Lipinski definition) is 3. The van der Waals surface area contributed by atoms with Gasteiger partial charge in [0.15, 0.2) is 5.82 Å².